The van der Waals surface area contributed by atoms with E-state index in [1.54, 1.807) is 0 Å². The summed E-state index contributed by atoms with van der Waals surface area (Å²) in [6.45, 7) is 21.3. The highest BCUT2D eigenvalue weighted by Gasteiger charge is 2.15. The zero-order valence-corrected chi connectivity index (χ0v) is 31.7. The SMILES string of the molecule is Cc1c(Br)cnc2c1c(I)cn2COCC[Si](C)(C)C.Cc1c(Br)cnc2c1ccn2COCC[Si](C)(C)C. The molecule has 0 N–H and O–H groups in total. The van der Waals surface area contributed by atoms with Gasteiger partial charge in [-0.15, -0.1) is 0 Å². The maximum Gasteiger partial charge on any atom is 0.143 e. The van der Waals surface area contributed by atoms with Gasteiger partial charge in [-0.3, -0.25) is 0 Å². The normalized spacial score (nSPS) is 12.3. The molecule has 0 fully saturated rings. The first kappa shape index (κ1) is 32.9. The van der Waals surface area contributed by atoms with Crippen molar-refractivity contribution in [2.45, 2.75) is 78.7 Å². The lowest BCUT2D eigenvalue weighted by Gasteiger charge is -2.15. The lowest BCUT2D eigenvalue weighted by molar-refractivity contribution is 0.0897. The van der Waals surface area contributed by atoms with Crippen molar-refractivity contribution in [3.63, 3.8) is 0 Å². The molecule has 4 aromatic heterocycles. The van der Waals surface area contributed by atoms with E-state index in [9.17, 15) is 0 Å². The maximum absolute atomic E-state index is 5.83. The number of hydrogen-bond acceptors (Lipinski definition) is 4. The number of nitrogens with zero attached hydrogens (tertiary/aromatic N) is 4. The van der Waals surface area contributed by atoms with Crippen molar-refractivity contribution in [1.82, 2.24) is 19.1 Å². The predicted molar refractivity (Wildman–Crippen MR) is 185 cm³/mol. The summed E-state index contributed by atoms with van der Waals surface area (Å²) in [6, 6.07) is 4.50. The van der Waals surface area contributed by atoms with Crippen LogP contribution < -0.4 is 0 Å². The number of fused-ring (bicyclic) bond motifs is 2. The van der Waals surface area contributed by atoms with Gasteiger partial charge in [0.25, 0.3) is 0 Å². The molecule has 0 spiro atoms. The maximum atomic E-state index is 5.83. The van der Waals surface area contributed by atoms with Crippen molar-refractivity contribution in [1.29, 1.82) is 0 Å². The first-order chi connectivity index (χ1) is 18.2. The van der Waals surface area contributed by atoms with Gasteiger partial charge in [-0.05, 0) is 97.6 Å². The van der Waals surface area contributed by atoms with Crippen LogP contribution in [0, 0.1) is 17.4 Å². The van der Waals surface area contributed by atoms with Gasteiger partial charge in [0, 0.05) is 77.4 Å². The average molecular weight is 809 g/mol. The molecule has 4 heterocycles. The highest BCUT2D eigenvalue weighted by Crippen LogP contribution is 2.29. The van der Waals surface area contributed by atoms with Gasteiger partial charge in [0.05, 0.1) is 0 Å². The van der Waals surface area contributed by atoms with E-state index >= 15 is 0 Å². The van der Waals surface area contributed by atoms with Gasteiger partial charge in [0.15, 0.2) is 0 Å². The molecule has 11 heteroatoms. The molecule has 39 heavy (non-hydrogen) atoms. The quantitative estimate of drug-likeness (QED) is 0.0911. The van der Waals surface area contributed by atoms with Crippen LogP contribution in [0.25, 0.3) is 22.1 Å². The van der Waals surface area contributed by atoms with Crippen molar-refractivity contribution in [3.05, 3.63) is 54.5 Å². The van der Waals surface area contributed by atoms with Crippen LogP contribution in [0.15, 0.2) is 39.8 Å². The fourth-order valence-electron chi connectivity index (χ4n) is 3.86. The van der Waals surface area contributed by atoms with Crippen molar-refractivity contribution in [2.24, 2.45) is 0 Å². The third-order valence-electron chi connectivity index (χ3n) is 6.49. The van der Waals surface area contributed by atoms with Crippen molar-refractivity contribution >= 4 is 92.7 Å². The fourth-order valence-corrected chi connectivity index (χ4v) is 6.97. The Kier molecular flexibility index (Phi) is 11.9. The second kappa shape index (κ2) is 14.1. The highest BCUT2D eigenvalue weighted by atomic mass is 127. The van der Waals surface area contributed by atoms with E-state index in [-0.39, 0.29) is 0 Å². The van der Waals surface area contributed by atoms with Gasteiger partial charge in [0.1, 0.15) is 24.8 Å². The summed E-state index contributed by atoms with van der Waals surface area (Å²) in [5.74, 6) is 0. The molecule has 0 bridgehead atoms. The summed E-state index contributed by atoms with van der Waals surface area (Å²) < 4.78 is 19.1. The minimum absolute atomic E-state index is 0.581. The standard InChI is InChI=1S/C14H20BrIN2OSi.C14H21BrN2OSi/c1-10-11(15)7-17-14-13(10)12(16)8-18(14)9-19-5-6-20(2,3)4;1-11-12-5-6-17(14(12)16-9-13(11)15)10-18-7-8-19(2,3)4/h7-8H,5-6,9H2,1-4H3;5-6,9H,7-8,10H2,1-4H3. The molecule has 4 aromatic rings. The number of hydrogen-bond donors (Lipinski definition) is 0. The van der Waals surface area contributed by atoms with Crippen LogP contribution in [0.5, 0.6) is 0 Å². The van der Waals surface area contributed by atoms with Crippen LogP contribution in [-0.4, -0.2) is 48.5 Å². The van der Waals surface area contributed by atoms with Crippen molar-refractivity contribution in [3.8, 4) is 0 Å². The van der Waals surface area contributed by atoms with E-state index in [0.717, 1.165) is 33.5 Å². The number of rotatable bonds is 10. The number of halogens is 3. The van der Waals surface area contributed by atoms with Crippen LogP contribution in [-0.2, 0) is 22.9 Å². The molecule has 0 unspecified atom stereocenters. The summed E-state index contributed by atoms with van der Waals surface area (Å²) in [7, 11) is -2.02. The summed E-state index contributed by atoms with van der Waals surface area (Å²) in [5.41, 5.74) is 4.46. The summed E-state index contributed by atoms with van der Waals surface area (Å²) in [6.07, 6.45) is 7.89. The molecular formula is C28H41Br2IN4O2Si2. The van der Waals surface area contributed by atoms with E-state index in [4.69, 9.17) is 9.47 Å². The van der Waals surface area contributed by atoms with Crippen molar-refractivity contribution < 1.29 is 9.47 Å². The van der Waals surface area contributed by atoms with Gasteiger partial charge in [-0.2, -0.15) is 0 Å². The summed E-state index contributed by atoms with van der Waals surface area (Å²) in [4.78, 5) is 9.00. The Hall–Kier alpha value is -0.576. The molecule has 0 aliphatic heterocycles. The number of ether oxygens (including phenoxy) is 2. The first-order valence-corrected chi connectivity index (χ1v) is 23.3. The van der Waals surface area contributed by atoms with Crippen LogP contribution >= 0.6 is 54.5 Å². The monoisotopic (exact) mass is 806 g/mol. The Morgan fingerprint density at radius 1 is 0.795 bits per heavy atom. The molecule has 0 amide bonds. The first-order valence-electron chi connectivity index (χ1n) is 13.2. The zero-order valence-electron chi connectivity index (χ0n) is 24.4. The van der Waals surface area contributed by atoms with Gasteiger partial charge in [-0.25, -0.2) is 9.97 Å². The fraction of sp³-hybridized carbons (Fsp3) is 0.500. The largest absolute Gasteiger partial charge is 0.361 e. The van der Waals surface area contributed by atoms with Gasteiger partial charge >= 0.3 is 0 Å². The van der Waals surface area contributed by atoms with Crippen LogP contribution in [0.3, 0.4) is 0 Å². The van der Waals surface area contributed by atoms with E-state index in [2.05, 4.69) is 139 Å². The third kappa shape index (κ3) is 9.47. The molecule has 6 nitrogen and oxygen atoms in total. The Morgan fingerprint density at radius 3 is 1.87 bits per heavy atom. The molecule has 0 saturated carbocycles. The summed E-state index contributed by atoms with van der Waals surface area (Å²) >= 11 is 9.42. The number of pyridine rings is 2. The van der Waals surface area contributed by atoms with Crippen LogP contribution in [0.1, 0.15) is 11.1 Å². The van der Waals surface area contributed by atoms with Gasteiger partial charge in [0.2, 0.25) is 0 Å². The molecule has 0 atom stereocenters. The topological polar surface area (TPSA) is 54.1 Å². The van der Waals surface area contributed by atoms with Crippen molar-refractivity contribution in [2.75, 3.05) is 13.2 Å². The van der Waals surface area contributed by atoms with E-state index in [1.165, 1.54) is 37.6 Å². The molecule has 0 aliphatic carbocycles. The molecule has 0 saturated heterocycles. The number of aryl methyl sites for hydroxylation is 2. The summed E-state index contributed by atoms with van der Waals surface area (Å²) in [5, 5.41) is 2.40. The Balaban J connectivity index is 0.000000216. The van der Waals surface area contributed by atoms with Crippen LogP contribution in [0.4, 0.5) is 0 Å². The predicted octanol–water partition coefficient (Wildman–Crippen LogP) is 9.44. The smallest absolute Gasteiger partial charge is 0.143 e. The molecule has 214 valence electrons. The minimum atomic E-state index is -1.02. The van der Waals surface area contributed by atoms with Gasteiger partial charge in [-0.1, -0.05) is 39.3 Å². The number of aromatic nitrogens is 4. The third-order valence-corrected chi connectivity index (χ3v) is 12.3. The lowest BCUT2D eigenvalue weighted by atomic mass is 10.2. The molecule has 0 aliphatic rings. The van der Waals surface area contributed by atoms with Gasteiger partial charge < -0.3 is 18.6 Å². The van der Waals surface area contributed by atoms with Crippen LogP contribution in [0.2, 0.25) is 51.4 Å². The average Bonchev–Trinajstić information content (AvgIpc) is 3.39. The molecular weight excluding hydrogens is 767 g/mol. The van der Waals surface area contributed by atoms with E-state index in [0.29, 0.717) is 13.5 Å². The molecule has 0 aromatic carbocycles. The Morgan fingerprint density at radius 2 is 1.31 bits per heavy atom. The molecule has 0 radical (unpaired) electrons. The lowest BCUT2D eigenvalue weighted by Crippen LogP contribution is -2.22. The van der Waals surface area contributed by atoms with E-state index in [1.807, 2.05) is 18.6 Å². The molecule has 4 rings (SSSR count). The second-order valence-electron chi connectivity index (χ2n) is 12.3. The Labute approximate surface area is 265 Å². The van der Waals surface area contributed by atoms with E-state index < -0.39 is 16.1 Å². The second-order valence-corrected chi connectivity index (χ2v) is 26.4. The minimum Gasteiger partial charge on any atom is -0.361 e. The zero-order chi connectivity index (χ0) is 29.0. The highest BCUT2D eigenvalue weighted by molar-refractivity contribution is 14.1. The Bertz CT molecular complexity index is 1410.